The van der Waals surface area contributed by atoms with Crippen LogP contribution in [0.5, 0.6) is 0 Å². The third-order valence-electron chi connectivity index (χ3n) is 15.9. The second kappa shape index (κ2) is 15.0. The summed E-state index contributed by atoms with van der Waals surface area (Å²) in [7, 11) is 0. The zero-order valence-electron chi connectivity index (χ0n) is 39.7. The van der Waals surface area contributed by atoms with Gasteiger partial charge in [0.1, 0.15) is 11.2 Å². The van der Waals surface area contributed by atoms with E-state index in [0.717, 1.165) is 44.6 Å². The van der Waals surface area contributed by atoms with Crippen molar-refractivity contribution >= 4 is 60.5 Å². The molecule has 0 aliphatic heterocycles. The van der Waals surface area contributed by atoms with Crippen molar-refractivity contribution in [2.24, 2.45) is 0 Å². The molecule has 0 amide bonds. The number of benzene rings is 11. The Morgan fingerprint density at radius 3 is 1.40 bits per heavy atom. The molecule has 2 heteroatoms. The van der Waals surface area contributed by atoms with Gasteiger partial charge in [0.2, 0.25) is 0 Å². The van der Waals surface area contributed by atoms with Crippen LogP contribution in [0.1, 0.15) is 49.9 Å². The number of hydrogen-bond acceptors (Lipinski definition) is 2. The van der Waals surface area contributed by atoms with E-state index in [0.29, 0.717) is 0 Å². The Hall–Kier alpha value is -8.46. The molecule has 0 radical (unpaired) electrons. The fraction of sp³-hybridized carbons (Fsp3) is 0.0882. The third-order valence-corrected chi connectivity index (χ3v) is 15.9. The molecular formula is C68H49NO. The van der Waals surface area contributed by atoms with E-state index >= 15 is 0 Å². The van der Waals surface area contributed by atoms with Crippen LogP contribution >= 0.6 is 0 Å². The highest BCUT2D eigenvalue weighted by molar-refractivity contribution is 6.14. The van der Waals surface area contributed by atoms with Gasteiger partial charge in [0.25, 0.3) is 0 Å². The number of para-hydroxylation sites is 1. The molecule has 0 N–H and O–H groups in total. The van der Waals surface area contributed by atoms with E-state index in [1.54, 1.807) is 0 Å². The van der Waals surface area contributed by atoms with Crippen LogP contribution in [0.3, 0.4) is 0 Å². The summed E-state index contributed by atoms with van der Waals surface area (Å²) in [6, 6.07) is 83.2. The minimum Gasteiger partial charge on any atom is -0.456 e. The molecule has 2 aliphatic carbocycles. The van der Waals surface area contributed by atoms with Crippen LogP contribution in [0.4, 0.5) is 17.1 Å². The van der Waals surface area contributed by atoms with Crippen molar-refractivity contribution in [1.82, 2.24) is 0 Å². The number of furan rings is 1. The van der Waals surface area contributed by atoms with Gasteiger partial charge in [-0.25, -0.2) is 0 Å². The molecule has 2 aliphatic rings. The third kappa shape index (κ3) is 6.06. The number of rotatable bonds is 6. The van der Waals surface area contributed by atoms with Gasteiger partial charge in [-0.05, 0) is 172 Å². The van der Waals surface area contributed by atoms with Gasteiger partial charge >= 0.3 is 0 Å². The van der Waals surface area contributed by atoms with Crippen LogP contribution in [0.15, 0.2) is 229 Å². The largest absolute Gasteiger partial charge is 0.456 e. The van der Waals surface area contributed by atoms with Gasteiger partial charge in [-0.1, -0.05) is 179 Å². The standard InChI is InChI=1S/C68H49NO/c1-67(2)61-37-44(42-14-6-5-7-15-42)24-31-54(61)56-34-29-49(40-63(56)67)69(48-27-22-43(23-28-48)60-36-47-16-8-9-17-51(47)52-18-10-11-19-53(52)60)50-30-35-57-55-32-25-45(38-62(55)68(3,4)64(57)41-50)46-26-33-59-58-20-12-13-21-65(58)70-66(59)39-46/h5-41H,1-4H3. The Labute approximate surface area is 408 Å². The van der Waals surface area contributed by atoms with Crippen molar-refractivity contribution in [3.05, 3.63) is 247 Å². The summed E-state index contributed by atoms with van der Waals surface area (Å²) in [4.78, 5) is 2.48. The molecule has 2 nitrogen and oxygen atoms in total. The zero-order chi connectivity index (χ0) is 46.9. The van der Waals surface area contributed by atoms with Crippen molar-refractivity contribution in [3.63, 3.8) is 0 Å². The van der Waals surface area contributed by atoms with Crippen molar-refractivity contribution in [3.8, 4) is 55.6 Å². The fourth-order valence-corrected chi connectivity index (χ4v) is 12.2. The number of anilines is 3. The first-order valence-electron chi connectivity index (χ1n) is 24.6. The molecule has 332 valence electrons. The second-order valence-electron chi connectivity index (χ2n) is 20.5. The molecule has 0 atom stereocenters. The van der Waals surface area contributed by atoms with Crippen molar-refractivity contribution in [2.45, 2.75) is 38.5 Å². The second-order valence-corrected chi connectivity index (χ2v) is 20.5. The molecule has 70 heavy (non-hydrogen) atoms. The summed E-state index contributed by atoms with van der Waals surface area (Å²) < 4.78 is 6.34. The summed E-state index contributed by atoms with van der Waals surface area (Å²) in [5.74, 6) is 0. The van der Waals surface area contributed by atoms with E-state index in [1.165, 1.54) is 93.9 Å². The molecule has 12 aromatic rings. The topological polar surface area (TPSA) is 16.4 Å². The van der Waals surface area contributed by atoms with Crippen molar-refractivity contribution in [2.75, 3.05) is 4.90 Å². The van der Waals surface area contributed by atoms with E-state index in [9.17, 15) is 0 Å². The summed E-state index contributed by atoms with van der Waals surface area (Å²) in [5, 5.41) is 7.38. The predicted molar refractivity (Wildman–Crippen MR) is 295 cm³/mol. The average Bonchev–Trinajstić information content (AvgIpc) is 3.97. The highest BCUT2D eigenvalue weighted by Gasteiger charge is 2.38. The first-order valence-corrected chi connectivity index (χ1v) is 24.6. The minimum absolute atomic E-state index is 0.202. The highest BCUT2D eigenvalue weighted by Crippen LogP contribution is 2.54. The Kier molecular flexibility index (Phi) is 8.71. The molecule has 0 saturated carbocycles. The number of fused-ring (bicyclic) bond motifs is 12. The van der Waals surface area contributed by atoms with Crippen LogP contribution in [-0.4, -0.2) is 0 Å². The van der Waals surface area contributed by atoms with E-state index < -0.39 is 0 Å². The van der Waals surface area contributed by atoms with Gasteiger partial charge in [0.15, 0.2) is 0 Å². The molecule has 0 bridgehead atoms. The molecule has 1 heterocycles. The van der Waals surface area contributed by atoms with Gasteiger partial charge < -0.3 is 9.32 Å². The Balaban J connectivity index is 0.886. The number of nitrogens with zero attached hydrogens (tertiary/aromatic N) is 1. The lowest BCUT2D eigenvalue weighted by Crippen LogP contribution is -2.18. The molecule has 0 saturated heterocycles. The van der Waals surface area contributed by atoms with Gasteiger partial charge in [0.05, 0.1) is 0 Å². The molecule has 0 fully saturated rings. The SMILES string of the molecule is CC1(C)c2cc(-c3ccccc3)ccc2-c2ccc(N(c3ccc(-c4cc5ccccc5c5ccccc45)cc3)c3ccc4c(c3)C(C)(C)c3cc(-c5ccc6c(c5)oc5ccccc56)ccc3-4)cc21. The van der Waals surface area contributed by atoms with E-state index in [4.69, 9.17) is 4.42 Å². The smallest absolute Gasteiger partial charge is 0.136 e. The Morgan fingerprint density at radius 2 is 0.743 bits per heavy atom. The van der Waals surface area contributed by atoms with Gasteiger partial charge in [-0.2, -0.15) is 0 Å². The van der Waals surface area contributed by atoms with Crippen molar-refractivity contribution < 1.29 is 4.42 Å². The molecule has 0 unspecified atom stereocenters. The van der Waals surface area contributed by atoms with Gasteiger partial charge in [0, 0.05) is 38.7 Å². The molecule has 0 spiro atoms. The van der Waals surface area contributed by atoms with Crippen LogP contribution in [-0.2, 0) is 10.8 Å². The molecule has 1 aromatic heterocycles. The van der Waals surface area contributed by atoms with E-state index in [2.05, 4.69) is 245 Å². The highest BCUT2D eigenvalue weighted by atomic mass is 16.3. The normalized spacial score (nSPS) is 13.9. The van der Waals surface area contributed by atoms with E-state index in [1.807, 2.05) is 12.1 Å². The monoisotopic (exact) mass is 895 g/mol. The first-order chi connectivity index (χ1) is 34.2. The maximum atomic E-state index is 6.34. The molecule has 11 aromatic carbocycles. The van der Waals surface area contributed by atoms with Crippen LogP contribution in [0, 0.1) is 0 Å². The zero-order valence-corrected chi connectivity index (χ0v) is 39.7. The van der Waals surface area contributed by atoms with Gasteiger partial charge in [-0.15, -0.1) is 0 Å². The summed E-state index contributed by atoms with van der Waals surface area (Å²) in [5.41, 5.74) is 22.7. The Bertz CT molecular complexity index is 4110. The summed E-state index contributed by atoms with van der Waals surface area (Å²) in [6.45, 7) is 9.56. The summed E-state index contributed by atoms with van der Waals surface area (Å²) in [6.07, 6.45) is 0. The maximum Gasteiger partial charge on any atom is 0.136 e. The van der Waals surface area contributed by atoms with Crippen LogP contribution in [0.2, 0.25) is 0 Å². The lowest BCUT2D eigenvalue weighted by atomic mass is 9.81. The average molecular weight is 896 g/mol. The quantitative estimate of drug-likeness (QED) is 0.155. The van der Waals surface area contributed by atoms with Crippen LogP contribution in [0.25, 0.3) is 99.1 Å². The first kappa shape index (κ1) is 40.6. The predicted octanol–water partition coefficient (Wildman–Crippen LogP) is 19.0. The van der Waals surface area contributed by atoms with Crippen molar-refractivity contribution in [1.29, 1.82) is 0 Å². The van der Waals surface area contributed by atoms with Crippen LogP contribution < -0.4 is 4.90 Å². The molecular weight excluding hydrogens is 847 g/mol. The lowest BCUT2D eigenvalue weighted by Gasteiger charge is -2.30. The van der Waals surface area contributed by atoms with E-state index in [-0.39, 0.29) is 10.8 Å². The number of hydrogen-bond donors (Lipinski definition) is 0. The van der Waals surface area contributed by atoms with Gasteiger partial charge in [-0.3, -0.25) is 0 Å². The molecule has 14 rings (SSSR count). The summed E-state index contributed by atoms with van der Waals surface area (Å²) >= 11 is 0. The Morgan fingerprint density at radius 1 is 0.286 bits per heavy atom. The minimum atomic E-state index is -0.245. The lowest BCUT2D eigenvalue weighted by molar-refractivity contribution is 0.660. The maximum absolute atomic E-state index is 6.34. The fourth-order valence-electron chi connectivity index (χ4n) is 12.2.